The van der Waals surface area contributed by atoms with Crippen LogP contribution in [0.4, 0.5) is 0 Å². The van der Waals surface area contributed by atoms with Crippen LogP contribution >= 0.6 is 0 Å². The Morgan fingerprint density at radius 3 is 2.47 bits per heavy atom. The second-order valence-electron chi connectivity index (χ2n) is 7.62. The van der Waals surface area contributed by atoms with Gasteiger partial charge in [-0.25, -0.2) is 0 Å². The number of morpholine rings is 1. The number of nitrogens with zero attached hydrogens (tertiary/aromatic N) is 3. The fraction of sp³-hybridized carbons (Fsp3) is 0.423. The van der Waals surface area contributed by atoms with Gasteiger partial charge < -0.3 is 18.8 Å². The molecule has 2 aromatic heterocycles. The summed E-state index contributed by atoms with van der Waals surface area (Å²) in [4.78, 5) is 18.2. The second-order valence-corrected chi connectivity index (χ2v) is 7.62. The van der Waals surface area contributed by atoms with Crippen LogP contribution in [-0.4, -0.2) is 53.9 Å². The van der Waals surface area contributed by atoms with Gasteiger partial charge in [-0.1, -0.05) is 20.4 Å². The zero-order chi connectivity index (χ0) is 23.7. The minimum atomic E-state index is 0.167. The maximum atomic E-state index is 9.44. The highest BCUT2D eigenvalue weighted by Gasteiger charge is 2.27. The van der Waals surface area contributed by atoms with Crippen molar-refractivity contribution in [2.24, 2.45) is 0 Å². The van der Waals surface area contributed by atoms with Crippen molar-refractivity contribution in [1.29, 1.82) is 0 Å². The first-order chi connectivity index (χ1) is 15.4. The average molecular weight is 438 g/mol. The summed E-state index contributed by atoms with van der Waals surface area (Å²) in [5.41, 5.74) is 8.17. The largest absolute Gasteiger partial charge is 0.459 e. The quantitative estimate of drug-likeness (QED) is 0.637. The van der Waals surface area contributed by atoms with Gasteiger partial charge in [0.1, 0.15) is 17.3 Å². The zero-order valence-electron chi connectivity index (χ0n) is 20.2. The Morgan fingerprint density at radius 1 is 1.22 bits per heavy atom. The number of ketones is 1. The fourth-order valence-corrected chi connectivity index (χ4v) is 3.52. The van der Waals surface area contributed by atoms with Crippen molar-refractivity contribution in [1.82, 2.24) is 14.8 Å². The number of hydrogen-bond acceptors (Lipinski definition) is 6. The molecule has 2 aliphatic heterocycles. The molecule has 0 aliphatic carbocycles. The molecule has 0 N–H and O–H groups in total. The average Bonchev–Trinajstić information content (AvgIpc) is 3.18. The van der Waals surface area contributed by atoms with Crippen LogP contribution in [-0.2, 0) is 16.1 Å². The molecular weight excluding hydrogens is 402 g/mol. The molecule has 6 nitrogen and oxygen atoms in total. The lowest BCUT2D eigenvalue weighted by atomic mass is 9.97. The lowest BCUT2D eigenvalue weighted by Crippen LogP contribution is -2.35. The highest BCUT2D eigenvalue weighted by Crippen LogP contribution is 2.38. The SMILES string of the molecule is C=C=C1c2cc(CN3CCOCC3)oc2C(c2ccnc(C)c2)=CN1C.CC.CC(C)=O. The summed E-state index contributed by atoms with van der Waals surface area (Å²) in [5, 5.41) is 0. The van der Waals surface area contributed by atoms with Crippen molar-refractivity contribution in [3.05, 3.63) is 71.2 Å². The standard InChI is InChI=1S/C21H23N3O2.C3H6O.C2H6/c1-4-20-18-12-17(13-24-7-9-25-10-8-24)26-21(18)19(14-23(20)3)16-5-6-22-15(2)11-16;1-3(2)4;1-2/h5-6,11-12,14H,1,7-10,13H2,2-3H3;1-2H3;1-2H3. The summed E-state index contributed by atoms with van der Waals surface area (Å²) >= 11 is 0. The summed E-state index contributed by atoms with van der Waals surface area (Å²) < 4.78 is 11.7. The Kier molecular flexibility index (Phi) is 9.66. The van der Waals surface area contributed by atoms with Gasteiger partial charge >= 0.3 is 0 Å². The number of Topliss-reactive ketones (excluding diaryl/α,β-unsaturated/α-hetero) is 1. The first kappa shape index (κ1) is 25.3. The summed E-state index contributed by atoms with van der Waals surface area (Å²) in [6.45, 7) is 17.1. The molecule has 0 radical (unpaired) electrons. The first-order valence-electron chi connectivity index (χ1n) is 11.1. The number of hydrogen-bond donors (Lipinski definition) is 0. The molecule has 1 saturated heterocycles. The Hall–Kier alpha value is -2.92. The van der Waals surface area contributed by atoms with E-state index >= 15 is 0 Å². The van der Waals surface area contributed by atoms with Gasteiger partial charge in [-0.2, -0.15) is 0 Å². The molecule has 0 amide bonds. The van der Waals surface area contributed by atoms with E-state index in [4.69, 9.17) is 9.15 Å². The van der Waals surface area contributed by atoms with Gasteiger partial charge in [0.05, 0.1) is 31.0 Å². The Morgan fingerprint density at radius 2 is 1.88 bits per heavy atom. The molecule has 2 aliphatic rings. The summed E-state index contributed by atoms with van der Waals surface area (Å²) in [5.74, 6) is 2.00. The van der Waals surface area contributed by atoms with Gasteiger partial charge in [0, 0.05) is 43.8 Å². The maximum absolute atomic E-state index is 9.44. The molecule has 4 heterocycles. The van der Waals surface area contributed by atoms with Crippen LogP contribution in [0.25, 0.3) is 11.3 Å². The van der Waals surface area contributed by atoms with Crippen LogP contribution in [0, 0.1) is 6.92 Å². The van der Waals surface area contributed by atoms with Crippen molar-refractivity contribution in [2.45, 2.75) is 41.2 Å². The molecule has 0 aromatic carbocycles. The van der Waals surface area contributed by atoms with Crippen molar-refractivity contribution < 1.29 is 13.9 Å². The normalized spacial score (nSPS) is 15.4. The number of carbonyl (C=O) groups excluding carboxylic acids is 1. The highest BCUT2D eigenvalue weighted by atomic mass is 16.5. The molecular formula is C26H35N3O3. The Labute approximate surface area is 191 Å². The Balaban J connectivity index is 0.000000547. The predicted octanol–water partition coefficient (Wildman–Crippen LogP) is 4.90. The molecule has 2 aromatic rings. The number of aromatic nitrogens is 1. The third-order valence-electron chi connectivity index (χ3n) is 4.82. The number of pyridine rings is 1. The van der Waals surface area contributed by atoms with E-state index in [1.165, 1.54) is 13.8 Å². The number of carbonyl (C=O) groups is 1. The lowest BCUT2D eigenvalue weighted by Gasteiger charge is -2.25. The zero-order valence-corrected chi connectivity index (χ0v) is 20.2. The molecule has 6 heteroatoms. The van der Waals surface area contributed by atoms with Gasteiger partial charge in [-0.15, -0.1) is 5.73 Å². The third kappa shape index (κ3) is 6.54. The molecule has 0 bridgehead atoms. The monoisotopic (exact) mass is 437 g/mol. The van der Waals surface area contributed by atoms with Gasteiger partial charge in [0.25, 0.3) is 0 Å². The smallest absolute Gasteiger partial charge is 0.146 e. The van der Waals surface area contributed by atoms with E-state index < -0.39 is 0 Å². The minimum Gasteiger partial charge on any atom is -0.459 e. The molecule has 32 heavy (non-hydrogen) atoms. The lowest BCUT2D eigenvalue weighted by molar-refractivity contribution is -0.114. The van der Waals surface area contributed by atoms with Gasteiger partial charge in [0.15, 0.2) is 0 Å². The van der Waals surface area contributed by atoms with Crippen molar-refractivity contribution in [3.8, 4) is 0 Å². The third-order valence-corrected chi connectivity index (χ3v) is 4.82. The van der Waals surface area contributed by atoms with Gasteiger partial charge in [-0.3, -0.25) is 9.88 Å². The summed E-state index contributed by atoms with van der Waals surface area (Å²) in [6, 6.07) is 6.22. The van der Waals surface area contributed by atoms with E-state index in [0.717, 1.165) is 72.5 Å². The van der Waals surface area contributed by atoms with E-state index in [-0.39, 0.29) is 5.78 Å². The van der Waals surface area contributed by atoms with Gasteiger partial charge in [-0.05, 0) is 44.5 Å². The maximum Gasteiger partial charge on any atom is 0.146 e. The van der Waals surface area contributed by atoms with Crippen molar-refractivity contribution in [2.75, 3.05) is 33.4 Å². The number of rotatable bonds is 3. The van der Waals surface area contributed by atoms with Crippen LogP contribution < -0.4 is 0 Å². The molecule has 1 fully saturated rings. The van der Waals surface area contributed by atoms with Crippen LogP contribution in [0.15, 0.2) is 47.3 Å². The predicted molar refractivity (Wildman–Crippen MR) is 129 cm³/mol. The van der Waals surface area contributed by atoms with Gasteiger partial charge in [0.2, 0.25) is 0 Å². The number of ether oxygens (including phenoxy) is 1. The van der Waals surface area contributed by atoms with E-state index in [2.05, 4.69) is 45.4 Å². The minimum absolute atomic E-state index is 0.167. The second kappa shape index (κ2) is 12.2. The van der Waals surface area contributed by atoms with E-state index in [9.17, 15) is 4.79 Å². The van der Waals surface area contributed by atoms with Crippen molar-refractivity contribution in [3.63, 3.8) is 0 Å². The van der Waals surface area contributed by atoms with E-state index in [1.807, 2.05) is 40.1 Å². The van der Waals surface area contributed by atoms with E-state index in [0.29, 0.717) is 0 Å². The van der Waals surface area contributed by atoms with Crippen LogP contribution in [0.1, 0.15) is 56.0 Å². The number of furan rings is 1. The number of aryl methyl sites for hydroxylation is 1. The van der Waals surface area contributed by atoms with E-state index in [1.54, 1.807) is 0 Å². The fourth-order valence-electron chi connectivity index (χ4n) is 3.52. The van der Waals surface area contributed by atoms with Crippen molar-refractivity contribution >= 4 is 17.1 Å². The Bertz CT molecular complexity index is 989. The summed E-state index contributed by atoms with van der Waals surface area (Å²) in [6.07, 6.45) is 3.91. The molecule has 0 spiro atoms. The summed E-state index contributed by atoms with van der Waals surface area (Å²) in [7, 11) is 2.01. The topological polar surface area (TPSA) is 58.8 Å². The molecule has 0 saturated carbocycles. The molecule has 4 rings (SSSR count). The van der Waals surface area contributed by atoms with Crippen LogP contribution in [0.3, 0.4) is 0 Å². The molecule has 0 atom stereocenters. The molecule has 172 valence electrons. The number of fused-ring (bicyclic) bond motifs is 1. The first-order valence-corrected chi connectivity index (χ1v) is 11.1. The van der Waals surface area contributed by atoms with Crippen LogP contribution in [0.5, 0.6) is 0 Å². The highest BCUT2D eigenvalue weighted by molar-refractivity contribution is 5.88. The van der Waals surface area contributed by atoms with Crippen LogP contribution in [0.2, 0.25) is 0 Å². The molecule has 0 unspecified atom stereocenters.